The number of nitrogens with zero attached hydrogens (tertiary/aromatic N) is 1. The summed E-state index contributed by atoms with van der Waals surface area (Å²) in [4.78, 5) is 16.5. The molecule has 3 aromatic rings. The number of nitrogens with one attached hydrogen (secondary N) is 1. The van der Waals surface area contributed by atoms with Crippen molar-refractivity contribution in [1.82, 2.24) is 4.98 Å². The van der Waals surface area contributed by atoms with E-state index < -0.39 is 0 Å². The molecule has 1 heterocycles. The normalized spacial score (nSPS) is 10.3. The fourth-order valence-corrected chi connectivity index (χ4v) is 2.21. The summed E-state index contributed by atoms with van der Waals surface area (Å²) in [5.74, 6) is 0.536. The highest BCUT2D eigenvalue weighted by Gasteiger charge is 2.10. The summed E-state index contributed by atoms with van der Waals surface area (Å²) < 4.78 is 5.15. The van der Waals surface area contributed by atoms with Gasteiger partial charge >= 0.3 is 0 Å². The lowest BCUT2D eigenvalue weighted by atomic mass is 10.1. The first-order chi connectivity index (χ1) is 10.3. The van der Waals surface area contributed by atoms with Crippen LogP contribution in [0.3, 0.4) is 0 Å². The minimum atomic E-state index is -0.165. The summed E-state index contributed by atoms with van der Waals surface area (Å²) in [5, 5.41) is 4.70. The molecule has 0 atom stereocenters. The van der Waals surface area contributed by atoms with Crippen molar-refractivity contribution in [3.05, 3.63) is 66.5 Å². The largest absolute Gasteiger partial charge is 0.497 e. The van der Waals surface area contributed by atoms with Crippen LogP contribution in [-0.2, 0) is 0 Å². The van der Waals surface area contributed by atoms with Crippen LogP contribution in [0.15, 0.2) is 60.9 Å². The van der Waals surface area contributed by atoms with Crippen LogP contribution in [-0.4, -0.2) is 18.0 Å². The molecular formula is C17H14N2O2. The fourth-order valence-electron chi connectivity index (χ4n) is 2.21. The quantitative estimate of drug-likeness (QED) is 0.797. The molecule has 104 valence electrons. The SMILES string of the molecule is COc1cccc(NC(=O)c2cccc3ccncc23)c1. The van der Waals surface area contributed by atoms with Gasteiger partial charge in [0.1, 0.15) is 5.75 Å². The maximum atomic E-state index is 12.4. The molecule has 0 aliphatic carbocycles. The van der Waals surface area contributed by atoms with Gasteiger partial charge < -0.3 is 10.1 Å². The fraction of sp³-hybridized carbons (Fsp3) is 0.0588. The molecule has 0 radical (unpaired) electrons. The van der Waals surface area contributed by atoms with Crippen LogP contribution in [0.1, 0.15) is 10.4 Å². The smallest absolute Gasteiger partial charge is 0.256 e. The molecule has 3 rings (SSSR count). The molecular weight excluding hydrogens is 264 g/mol. The number of hydrogen-bond donors (Lipinski definition) is 1. The molecule has 2 aromatic carbocycles. The van der Waals surface area contributed by atoms with E-state index in [2.05, 4.69) is 10.3 Å². The van der Waals surface area contributed by atoms with Gasteiger partial charge in [-0.3, -0.25) is 9.78 Å². The number of carbonyl (C=O) groups excluding carboxylic acids is 1. The summed E-state index contributed by atoms with van der Waals surface area (Å²) in [7, 11) is 1.59. The number of rotatable bonds is 3. The molecule has 21 heavy (non-hydrogen) atoms. The van der Waals surface area contributed by atoms with Gasteiger partial charge in [0.25, 0.3) is 5.91 Å². The average molecular weight is 278 g/mol. The highest BCUT2D eigenvalue weighted by molar-refractivity contribution is 6.12. The van der Waals surface area contributed by atoms with Crippen molar-refractivity contribution in [2.45, 2.75) is 0 Å². The zero-order valence-corrected chi connectivity index (χ0v) is 11.5. The third kappa shape index (κ3) is 2.69. The van der Waals surface area contributed by atoms with Crippen LogP contribution in [0, 0.1) is 0 Å². The van der Waals surface area contributed by atoms with Crippen LogP contribution in [0.2, 0.25) is 0 Å². The number of pyridine rings is 1. The Hall–Kier alpha value is -2.88. The molecule has 0 spiro atoms. The lowest BCUT2D eigenvalue weighted by molar-refractivity contribution is 0.102. The monoisotopic (exact) mass is 278 g/mol. The van der Waals surface area contributed by atoms with E-state index in [9.17, 15) is 4.79 Å². The molecule has 1 N–H and O–H groups in total. The molecule has 0 unspecified atom stereocenters. The minimum absolute atomic E-state index is 0.165. The lowest BCUT2D eigenvalue weighted by Crippen LogP contribution is -2.12. The first kappa shape index (κ1) is 13.1. The van der Waals surface area contributed by atoms with Crippen molar-refractivity contribution in [2.75, 3.05) is 12.4 Å². The van der Waals surface area contributed by atoms with Crippen LogP contribution < -0.4 is 10.1 Å². The van der Waals surface area contributed by atoms with E-state index in [-0.39, 0.29) is 5.91 Å². The Kier molecular flexibility index (Phi) is 3.51. The van der Waals surface area contributed by atoms with E-state index in [1.807, 2.05) is 36.4 Å². The maximum Gasteiger partial charge on any atom is 0.256 e. The average Bonchev–Trinajstić information content (AvgIpc) is 2.54. The number of aromatic nitrogens is 1. The third-order valence-corrected chi connectivity index (χ3v) is 3.26. The first-order valence-corrected chi connectivity index (χ1v) is 6.56. The second-order valence-electron chi connectivity index (χ2n) is 4.59. The molecule has 0 fully saturated rings. The highest BCUT2D eigenvalue weighted by atomic mass is 16.5. The number of methoxy groups -OCH3 is 1. The van der Waals surface area contributed by atoms with Crippen molar-refractivity contribution in [1.29, 1.82) is 0 Å². The summed E-state index contributed by atoms with van der Waals surface area (Å²) in [6.07, 6.45) is 3.42. The summed E-state index contributed by atoms with van der Waals surface area (Å²) in [6, 6.07) is 14.8. The summed E-state index contributed by atoms with van der Waals surface area (Å²) in [6.45, 7) is 0. The van der Waals surface area contributed by atoms with Gasteiger partial charge in [0.05, 0.1) is 7.11 Å². The predicted octanol–water partition coefficient (Wildman–Crippen LogP) is 3.50. The molecule has 0 aliphatic rings. The second-order valence-corrected chi connectivity index (χ2v) is 4.59. The van der Waals surface area contributed by atoms with E-state index in [1.165, 1.54) is 0 Å². The zero-order valence-electron chi connectivity index (χ0n) is 11.5. The van der Waals surface area contributed by atoms with E-state index in [1.54, 1.807) is 31.6 Å². The number of hydrogen-bond acceptors (Lipinski definition) is 3. The molecule has 4 nitrogen and oxygen atoms in total. The first-order valence-electron chi connectivity index (χ1n) is 6.56. The Balaban J connectivity index is 1.93. The van der Waals surface area contributed by atoms with Gasteiger partial charge in [-0.2, -0.15) is 0 Å². The molecule has 0 saturated carbocycles. The number of anilines is 1. The third-order valence-electron chi connectivity index (χ3n) is 3.26. The Bertz CT molecular complexity index is 794. The predicted molar refractivity (Wildman–Crippen MR) is 82.7 cm³/mol. The van der Waals surface area contributed by atoms with Gasteiger partial charge in [-0.1, -0.05) is 18.2 Å². The van der Waals surface area contributed by atoms with Crippen molar-refractivity contribution in [2.24, 2.45) is 0 Å². The Morgan fingerprint density at radius 1 is 1.14 bits per heavy atom. The van der Waals surface area contributed by atoms with E-state index in [0.717, 1.165) is 10.8 Å². The zero-order chi connectivity index (χ0) is 14.7. The van der Waals surface area contributed by atoms with Crippen LogP contribution >= 0.6 is 0 Å². The Labute approximate surface area is 122 Å². The van der Waals surface area contributed by atoms with Crippen LogP contribution in [0.25, 0.3) is 10.8 Å². The number of amides is 1. The van der Waals surface area contributed by atoms with Crippen molar-refractivity contribution in [3.8, 4) is 5.75 Å². The van der Waals surface area contributed by atoms with Gasteiger partial charge in [-0.25, -0.2) is 0 Å². The second kappa shape index (κ2) is 5.63. The van der Waals surface area contributed by atoms with E-state index >= 15 is 0 Å². The van der Waals surface area contributed by atoms with Crippen molar-refractivity contribution in [3.63, 3.8) is 0 Å². The maximum absolute atomic E-state index is 12.4. The molecule has 4 heteroatoms. The van der Waals surface area contributed by atoms with Crippen molar-refractivity contribution < 1.29 is 9.53 Å². The van der Waals surface area contributed by atoms with Crippen LogP contribution in [0.4, 0.5) is 5.69 Å². The van der Waals surface area contributed by atoms with Crippen molar-refractivity contribution >= 4 is 22.4 Å². The molecule has 1 amide bonds. The Morgan fingerprint density at radius 2 is 2.00 bits per heavy atom. The van der Waals surface area contributed by atoms with Gasteiger partial charge in [0.15, 0.2) is 0 Å². The minimum Gasteiger partial charge on any atom is -0.497 e. The van der Waals surface area contributed by atoms with Gasteiger partial charge in [0, 0.05) is 35.1 Å². The van der Waals surface area contributed by atoms with Crippen LogP contribution in [0.5, 0.6) is 5.75 Å². The number of fused-ring (bicyclic) bond motifs is 1. The van der Waals surface area contributed by atoms with Gasteiger partial charge in [-0.15, -0.1) is 0 Å². The number of carbonyl (C=O) groups is 1. The van der Waals surface area contributed by atoms with Gasteiger partial charge in [-0.05, 0) is 29.7 Å². The lowest BCUT2D eigenvalue weighted by Gasteiger charge is -2.09. The molecule has 0 saturated heterocycles. The number of ether oxygens (including phenoxy) is 1. The summed E-state index contributed by atoms with van der Waals surface area (Å²) in [5.41, 5.74) is 1.30. The van der Waals surface area contributed by atoms with E-state index in [0.29, 0.717) is 17.0 Å². The molecule has 0 bridgehead atoms. The topological polar surface area (TPSA) is 51.2 Å². The van der Waals surface area contributed by atoms with Gasteiger partial charge in [0.2, 0.25) is 0 Å². The number of benzene rings is 2. The highest BCUT2D eigenvalue weighted by Crippen LogP contribution is 2.21. The standard InChI is InChI=1S/C17H14N2O2/c1-21-14-6-3-5-13(10-14)19-17(20)15-7-2-4-12-8-9-18-11-16(12)15/h2-11H,1H3,(H,19,20). The molecule has 0 aliphatic heterocycles. The molecule has 1 aromatic heterocycles. The van der Waals surface area contributed by atoms with E-state index in [4.69, 9.17) is 4.74 Å². The Morgan fingerprint density at radius 3 is 2.86 bits per heavy atom. The summed E-state index contributed by atoms with van der Waals surface area (Å²) >= 11 is 0.